The predicted molar refractivity (Wildman–Crippen MR) is 52.9 cm³/mol. The van der Waals surface area contributed by atoms with Gasteiger partial charge in [-0.3, -0.25) is 0 Å². The van der Waals surface area contributed by atoms with Crippen LogP contribution < -0.4 is 4.90 Å². The molecule has 0 radical (unpaired) electrons. The standard InChI is InChI=1S/C11H15NO2/c13-10-7-12(8-11(10)14)6-9-4-2-1-3-5-9/h1-5,10-11,13-14H,6-8H2/p+1/t10-,11-/m0/s1. The summed E-state index contributed by atoms with van der Waals surface area (Å²) >= 11 is 0. The zero-order chi connectivity index (χ0) is 9.97. The lowest BCUT2D eigenvalue weighted by molar-refractivity contribution is -0.904. The van der Waals surface area contributed by atoms with Crippen molar-refractivity contribution in [3.8, 4) is 0 Å². The largest absolute Gasteiger partial charge is 0.384 e. The van der Waals surface area contributed by atoms with Crippen LogP contribution in [-0.2, 0) is 6.54 Å². The Kier molecular flexibility index (Phi) is 2.82. The number of aliphatic hydroxyl groups excluding tert-OH is 2. The summed E-state index contributed by atoms with van der Waals surface area (Å²) in [6.07, 6.45) is -1.09. The predicted octanol–water partition coefficient (Wildman–Crippen LogP) is -1.19. The van der Waals surface area contributed by atoms with E-state index in [-0.39, 0.29) is 0 Å². The van der Waals surface area contributed by atoms with Gasteiger partial charge in [0, 0.05) is 5.56 Å². The normalized spacial score (nSPS) is 28.1. The minimum atomic E-state index is -0.547. The Labute approximate surface area is 83.6 Å². The number of quaternary nitrogens is 1. The van der Waals surface area contributed by atoms with Crippen molar-refractivity contribution in [1.29, 1.82) is 0 Å². The van der Waals surface area contributed by atoms with Gasteiger partial charge in [0.2, 0.25) is 0 Å². The highest BCUT2D eigenvalue weighted by atomic mass is 16.3. The third-order valence-corrected chi connectivity index (χ3v) is 2.74. The van der Waals surface area contributed by atoms with E-state index < -0.39 is 12.2 Å². The molecule has 1 aliphatic heterocycles. The molecule has 1 aromatic rings. The third-order valence-electron chi connectivity index (χ3n) is 2.74. The molecule has 0 unspecified atom stereocenters. The van der Waals surface area contributed by atoms with Crippen LogP contribution in [0.3, 0.4) is 0 Å². The summed E-state index contributed by atoms with van der Waals surface area (Å²) < 4.78 is 0. The highest BCUT2D eigenvalue weighted by Crippen LogP contribution is 1.99. The molecule has 2 atom stereocenters. The van der Waals surface area contributed by atoms with Gasteiger partial charge in [-0.25, -0.2) is 0 Å². The molecule has 0 saturated carbocycles. The number of nitrogens with one attached hydrogen (secondary N) is 1. The number of hydrogen-bond acceptors (Lipinski definition) is 2. The van der Waals surface area contributed by atoms with Gasteiger partial charge in [-0.05, 0) is 0 Å². The van der Waals surface area contributed by atoms with E-state index in [1.165, 1.54) is 10.5 Å². The summed E-state index contributed by atoms with van der Waals surface area (Å²) in [6.45, 7) is 2.18. The minimum absolute atomic E-state index is 0.547. The van der Waals surface area contributed by atoms with E-state index in [1.807, 2.05) is 18.2 Å². The average Bonchev–Trinajstić information content (AvgIpc) is 2.47. The number of hydrogen-bond donors (Lipinski definition) is 3. The molecule has 3 heteroatoms. The molecule has 0 bridgehead atoms. The molecule has 0 aliphatic carbocycles. The second-order valence-corrected chi connectivity index (χ2v) is 3.96. The van der Waals surface area contributed by atoms with Gasteiger partial charge in [0.05, 0.1) is 0 Å². The van der Waals surface area contributed by atoms with E-state index >= 15 is 0 Å². The second kappa shape index (κ2) is 4.09. The summed E-state index contributed by atoms with van der Waals surface area (Å²) in [6, 6.07) is 10.2. The fourth-order valence-corrected chi connectivity index (χ4v) is 1.98. The Morgan fingerprint density at radius 1 is 1.07 bits per heavy atom. The van der Waals surface area contributed by atoms with Gasteiger partial charge >= 0.3 is 0 Å². The number of benzene rings is 1. The molecule has 1 aromatic carbocycles. The zero-order valence-electron chi connectivity index (χ0n) is 8.06. The maximum absolute atomic E-state index is 9.38. The summed E-state index contributed by atoms with van der Waals surface area (Å²) in [5.41, 5.74) is 1.25. The van der Waals surface area contributed by atoms with Crippen LogP contribution in [0.25, 0.3) is 0 Å². The second-order valence-electron chi connectivity index (χ2n) is 3.96. The van der Waals surface area contributed by atoms with Crippen LogP contribution in [0.1, 0.15) is 5.56 Å². The molecule has 0 spiro atoms. The molecule has 2 rings (SSSR count). The Balaban J connectivity index is 1.94. The molecular weight excluding hydrogens is 178 g/mol. The first-order chi connectivity index (χ1) is 6.75. The van der Waals surface area contributed by atoms with Crippen molar-refractivity contribution in [3.63, 3.8) is 0 Å². The van der Waals surface area contributed by atoms with Gasteiger partial charge in [-0.2, -0.15) is 0 Å². The lowest BCUT2D eigenvalue weighted by atomic mass is 10.2. The van der Waals surface area contributed by atoms with Gasteiger partial charge < -0.3 is 15.1 Å². The van der Waals surface area contributed by atoms with Crippen molar-refractivity contribution in [2.75, 3.05) is 13.1 Å². The Morgan fingerprint density at radius 3 is 2.21 bits per heavy atom. The topological polar surface area (TPSA) is 44.9 Å². The van der Waals surface area contributed by atoms with Crippen LogP contribution in [0.5, 0.6) is 0 Å². The highest BCUT2D eigenvalue weighted by Gasteiger charge is 2.33. The summed E-state index contributed by atoms with van der Waals surface area (Å²) in [5.74, 6) is 0. The fraction of sp³-hybridized carbons (Fsp3) is 0.455. The minimum Gasteiger partial charge on any atom is -0.384 e. The molecule has 1 saturated heterocycles. The van der Waals surface area contributed by atoms with Crippen molar-refractivity contribution in [3.05, 3.63) is 35.9 Å². The van der Waals surface area contributed by atoms with E-state index in [2.05, 4.69) is 12.1 Å². The van der Waals surface area contributed by atoms with E-state index in [4.69, 9.17) is 0 Å². The smallest absolute Gasteiger partial charge is 0.134 e. The van der Waals surface area contributed by atoms with Crippen LogP contribution in [0, 0.1) is 0 Å². The Bertz CT molecular complexity index is 279. The summed E-state index contributed by atoms with van der Waals surface area (Å²) in [4.78, 5) is 1.25. The molecule has 0 amide bonds. The molecule has 0 aromatic heterocycles. The molecule has 14 heavy (non-hydrogen) atoms. The lowest BCUT2D eigenvalue weighted by Crippen LogP contribution is -3.09. The van der Waals surface area contributed by atoms with Crippen molar-refractivity contribution < 1.29 is 15.1 Å². The van der Waals surface area contributed by atoms with Gasteiger partial charge in [-0.15, -0.1) is 0 Å². The van der Waals surface area contributed by atoms with Crippen molar-refractivity contribution in [2.24, 2.45) is 0 Å². The van der Waals surface area contributed by atoms with E-state index in [0.29, 0.717) is 13.1 Å². The summed E-state index contributed by atoms with van der Waals surface area (Å²) in [5, 5.41) is 18.8. The van der Waals surface area contributed by atoms with Crippen LogP contribution in [0.4, 0.5) is 0 Å². The zero-order valence-corrected chi connectivity index (χ0v) is 8.06. The van der Waals surface area contributed by atoms with E-state index in [1.54, 1.807) is 0 Å². The fourth-order valence-electron chi connectivity index (χ4n) is 1.98. The van der Waals surface area contributed by atoms with E-state index in [9.17, 15) is 10.2 Å². The molecular formula is C11H16NO2+. The number of rotatable bonds is 2. The lowest BCUT2D eigenvalue weighted by Gasteiger charge is -2.11. The first kappa shape index (κ1) is 9.65. The molecule has 3 nitrogen and oxygen atoms in total. The van der Waals surface area contributed by atoms with Gasteiger partial charge in [0.25, 0.3) is 0 Å². The highest BCUT2D eigenvalue weighted by molar-refractivity contribution is 5.13. The number of aliphatic hydroxyl groups is 2. The Morgan fingerprint density at radius 2 is 1.64 bits per heavy atom. The molecule has 1 fully saturated rings. The number of likely N-dealkylation sites (tertiary alicyclic amines) is 1. The summed E-state index contributed by atoms with van der Waals surface area (Å²) in [7, 11) is 0. The van der Waals surface area contributed by atoms with Crippen LogP contribution in [0.15, 0.2) is 30.3 Å². The van der Waals surface area contributed by atoms with Gasteiger partial charge in [-0.1, -0.05) is 30.3 Å². The average molecular weight is 194 g/mol. The first-order valence-electron chi connectivity index (χ1n) is 4.99. The molecule has 76 valence electrons. The SMILES string of the molecule is O[C@H]1C[NH+](Cc2ccccc2)C[C@@H]1O. The van der Waals surface area contributed by atoms with Crippen molar-refractivity contribution >= 4 is 0 Å². The first-order valence-corrected chi connectivity index (χ1v) is 4.99. The Hall–Kier alpha value is -0.900. The van der Waals surface area contributed by atoms with Crippen molar-refractivity contribution in [2.45, 2.75) is 18.8 Å². The molecule has 1 heterocycles. The maximum atomic E-state index is 9.38. The van der Waals surface area contributed by atoms with Crippen LogP contribution >= 0.6 is 0 Å². The van der Waals surface area contributed by atoms with Crippen LogP contribution in [-0.4, -0.2) is 35.5 Å². The van der Waals surface area contributed by atoms with Crippen molar-refractivity contribution in [1.82, 2.24) is 0 Å². The van der Waals surface area contributed by atoms with Crippen LogP contribution in [0.2, 0.25) is 0 Å². The third kappa shape index (κ3) is 2.12. The van der Waals surface area contributed by atoms with Gasteiger partial charge in [0.15, 0.2) is 0 Å². The quantitative estimate of drug-likeness (QED) is 0.554. The monoisotopic (exact) mass is 194 g/mol. The maximum Gasteiger partial charge on any atom is 0.134 e. The molecule has 1 aliphatic rings. The van der Waals surface area contributed by atoms with Gasteiger partial charge in [0.1, 0.15) is 31.8 Å². The molecule has 3 N–H and O–H groups in total. The van der Waals surface area contributed by atoms with E-state index in [0.717, 1.165) is 6.54 Å².